The second-order valence-corrected chi connectivity index (χ2v) is 9.27. The van der Waals surface area contributed by atoms with Gasteiger partial charge >= 0.3 is 0 Å². The molecule has 31 heavy (non-hydrogen) atoms. The molecule has 0 N–H and O–H groups in total. The van der Waals surface area contributed by atoms with Gasteiger partial charge in [-0.05, 0) is 67.9 Å². The average molecular weight is 471 g/mol. The SMILES string of the molecule is Cc1ccc(CN2C(=O)S/C(=C\c3cc(C)n(-c4cccc(Cl)c4Cl)c3C)C2=O)cc1. The lowest BCUT2D eigenvalue weighted by molar-refractivity contribution is -0.123. The zero-order chi connectivity index (χ0) is 22.3. The van der Waals surface area contributed by atoms with E-state index < -0.39 is 0 Å². The lowest BCUT2D eigenvalue weighted by Crippen LogP contribution is -2.27. The number of aromatic nitrogens is 1. The normalized spacial score (nSPS) is 15.4. The minimum atomic E-state index is -0.277. The number of thioether (sulfide) groups is 1. The molecule has 1 saturated heterocycles. The van der Waals surface area contributed by atoms with Crippen molar-refractivity contribution in [1.82, 2.24) is 9.47 Å². The first-order valence-corrected chi connectivity index (χ1v) is 11.3. The minimum Gasteiger partial charge on any atom is -0.316 e. The Morgan fingerprint density at radius 3 is 2.42 bits per heavy atom. The first-order chi connectivity index (χ1) is 14.8. The van der Waals surface area contributed by atoms with Crippen LogP contribution in [-0.2, 0) is 11.3 Å². The van der Waals surface area contributed by atoms with Crippen LogP contribution >= 0.6 is 35.0 Å². The number of hydrogen-bond acceptors (Lipinski definition) is 3. The van der Waals surface area contributed by atoms with Crippen molar-refractivity contribution in [1.29, 1.82) is 0 Å². The molecule has 2 aromatic carbocycles. The highest BCUT2D eigenvalue weighted by atomic mass is 35.5. The summed E-state index contributed by atoms with van der Waals surface area (Å²) >= 11 is 13.6. The Hall–Kier alpha value is -2.47. The molecular weight excluding hydrogens is 451 g/mol. The number of hydrogen-bond donors (Lipinski definition) is 0. The summed E-state index contributed by atoms with van der Waals surface area (Å²) in [5, 5.41) is 0.685. The molecule has 0 atom stereocenters. The van der Waals surface area contributed by atoms with Gasteiger partial charge in [-0.15, -0.1) is 0 Å². The van der Waals surface area contributed by atoms with Crippen molar-refractivity contribution < 1.29 is 9.59 Å². The summed E-state index contributed by atoms with van der Waals surface area (Å²) in [6.45, 7) is 6.18. The number of imide groups is 1. The third-order valence-corrected chi connectivity index (χ3v) is 6.98. The Bertz CT molecular complexity index is 1230. The van der Waals surface area contributed by atoms with Crippen molar-refractivity contribution in [2.75, 3.05) is 0 Å². The van der Waals surface area contributed by atoms with Gasteiger partial charge in [0, 0.05) is 11.4 Å². The molecule has 7 heteroatoms. The highest BCUT2D eigenvalue weighted by Crippen LogP contribution is 2.36. The summed E-state index contributed by atoms with van der Waals surface area (Å²) in [4.78, 5) is 27.1. The van der Waals surface area contributed by atoms with Gasteiger partial charge < -0.3 is 4.57 Å². The van der Waals surface area contributed by atoms with Gasteiger partial charge in [-0.2, -0.15) is 0 Å². The van der Waals surface area contributed by atoms with E-state index in [-0.39, 0.29) is 17.7 Å². The van der Waals surface area contributed by atoms with Gasteiger partial charge in [-0.25, -0.2) is 0 Å². The molecule has 1 fully saturated rings. The molecule has 0 radical (unpaired) electrons. The van der Waals surface area contributed by atoms with E-state index in [1.807, 2.05) is 67.8 Å². The predicted octanol–water partition coefficient (Wildman–Crippen LogP) is 6.95. The number of halogens is 2. The van der Waals surface area contributed by atoms with Gasteiger partial charge in [0.2, 0.25) is 0 Å². The Labute approximate surface area is 195 Å². The molecule has 0 aliphatic carbocycles. The van der Waals surface area contributed by atoms with E-state index in [2.05, 4.69) is 0 Å². The van der Waals surface area contributed by atoms with Crippen molar-refractivity contribution in [2.24, 2.45) is 0 Å². The molecule has 0 unspecified atom stereocenters. The smallest absolute Gasteiger partial charge is 0.293 e. The van der Waals surface area contributed by atoms with Crippen LogP contribution in [-0.4, -0.2) is 20.6 Å². The molecule has 4 nitrogen and oxygen atoms in total. The monoisotopic (exact) mass is 470 g/mol. The van der Waals surface area contributed by atoms with Crippen molar-refractivity contribution >= 4 is 52.2 Å². The molecule has 1 aliphatic rings. The third kappa shape index (κ3) is 4.18. The molecule has 4 rings (SSSR count). The Morgan fingerprint density at radius 2 is 1.71 bits per heavy atom. The number of aryl methyl sites for hydroxylation is 2. The molecule has 3 aromatic rings. The summed E-state index contributed by atoms with van der Waals surface area (Å²) in [5.41, 5.74) is 5.54. The summed E-state index contributed by atoms with van der Waals surface area (Å²) in [6, 6.07) is 15.3. The number of rotatable bonds is 4. The zero-order valence-electron chi connectivity index (χ0n) is 17.3. The molecule has 0 bridgehead atoms. The summed E-state index contributed by atoms with van der Waals surface area (Å²) in [6.07, 6.45) is 1.78. The topological polar surface area (TPSA) is 42.3 Å². The van der Waals surface area contributed by atoms with Gasteiger partial charge in [-0.3, -0.25) is 14.5 Å². The summed E-state index contributed by atoms with van der Waals surface area (Å²) < 4.78 is 2.00. The van der Waals surface area contributed by atoms with Crippen LogP contribution in [0.3, 0.4) is 0 Å². The molecular formula is C24H20Cl2N2O2S. The second-order valence-electron chi connectivity index (χ2n) is 7.49. The van der Waals surface area contributed by atoms with Crippen LogP contribution in [0.1, 0.15) is 28.1 Å². The van der Waals surface area contributed by atoms with E-state index >= 15 is 0 Å². The molecule has 158 valence electrons. The fraction of sp³-hybridized carbons (Fsp3) is 0.167. The van der Waals surface area contributed by atoms with Crippen molar-refractivity contribution in [3.05, 3.63) is 91.6 Å². The molecule has 1 aromatic heterocycles. The van der Waals surface area contributed by atoms with Crippen LogP contribution in [0, 0.1) is 20.8 Å². The van der Waals surface area contributed by atoms with Crippen LogP contribution in [0.4, 0.5) is 4.79 Å². The summed E-state index contributed by atoms with van der Waals surface area (Å²) in [7, 11) is 0. The van der Waals surface area contributed by atoms with E-state index in [4.69, 9.17) is 23.2 Å². The Morgan fingerprint density at radius 1 is 1.00 bits per heavy atom. The van der Waals surface area contributed by atoms with Crippen LogP contribution in [0.2, 0.25) is 10.0 Å². The highest BCUT2D eigenvalue weighted by Gasteiger charge is 2.35. The molecule has 2 amide bonds. The van der Waals surface area contributed by atoms with Crippen LogP contribution in [0.15, 0.2) is 53.4 Å². The molecule has 2 heterocycles. The first kappa shape index (κ1) is 21.8. The third-order valence-electron chi connectivity index (χ3n) is 5.26. The Balaban J connectivity index is 1.65. The molecule has 0 saturated carbocycles. The highest BCUT2D eigenvalue weighted by molar-refractivity contribution is 8.18. The predicted molar refractivity (Wildman–Crippen MR) is 128 cm³/mol. The van der Waals surface area contributed by atoms with E-state index in [0.717, 1.165) is 45.5 Å². The van der Waals surface area contributed by atoms with Crippen molar-refractivity contribution in [2.45, 2.75) is 27.3 Å². The van der Waals surface area contributed by atoms with E-state index in [9.17, 15) is 9.59 Å². The maximum absolute atomic E-state index is 12.9. The maximum atomic E-state index is 12.9. The number of benzene rings is 2. The van der Waals surface area contributed by atoms with Gasteiger partial charge in [0.25, 0.3) is 11.1 Å². The van der Waals surface area contributed by atoms with E-state index in [0.29, 0.717) is 15.0 Å². The number of carbonyl (C=O) groups is 2. The maximum Gasteiger partial charge on any atom is 0.293 e. The van der Waals surface area contributed by atoms with Gasteiger partial charge in [0.1, 0.15) is 0 Å². The second kappa shape index (κ2) is 8.58. The zero-order valence-corrected chi connectivity index (χ0v) is 19.6. The van der Waals surface area contributed by atoms with Gasteiger partial charge in [0.05, 0.1) is 27.2 Å². The average Bonchev–Trinajstić information content (AvgIpc) is 3.15. The van der Waals surface area contributed by atoms with Gasteiger partial charge in [-0.1, -0.05) is 59.1 Å². The van der Waals surface area contributed by atoms with Crippen LogP contribution < -0.4 is 0 Å². The number of nitrogens with zero attached hydrogens (tertiary/aromatic N) is 2. The lowest BCUT2D eigenvalue weighted by atomic mass is 10.1. The van der Waals surface area contributed by atoms with Crippen LogP contribution in [0.25, 0.3) is 11.8 Å². The van der Waals surface area contributed by atoms with E-state index in [1.165, 1.54) is 4.90 Å². The summed E-state index contributed by atoms with van der Waals surface area (Å²) in [5.74, 6) is -0.277. The standard InChI is InChI=1S/C24H20Cl2N2O2S/c1-14-7-9-17(10-8-14)13-27-23(29)21(31-24(27)30)12-18-11-15(2)28(16(18)3)20-6-4-5-19(25)22(20)26/h4-12H,13H2,1-3H3/b21-12-. The Kier molecular flexibility index (Phi) is 6.02. The fourth-order valence-electron chi connectivity index (χ4n) is 3.62. The van der Waals surface area contributed by atoms with Gasteiger partial charge in [0.15, 0.2) is 0 Å². The number of carbonyl (C=O) groups excluding carboxylic acids is 2. The molecule has 0 spiro atoms. The van der Waals surface area contributed by atoms with Crippen molar-refractivity contribution in [3.63, 3.8) is 0 Å². The first-order valence-electron chi connectivity index (χ1n) is 9.70. The number of amides is 2. The van der Waals surface area contributed by atoms with Crippen molar-refractivity contribution in [3.8, 4) is 5.69 Å². The largest absolute Gasteiger partial charge is 0.316 e. The van der Waals surface area contributed by atoms with Crippen LogP contribution in [0.5, 0.6) is 0 Å². The van der Waals surface area contributed by atoms with E-state index in [1.54, 1.807) is 12.1 Å². The lowest BCUT2D eigenvalue weighted by Gasteiger charge is -2.13. The quantitative estimate of drug-likeness (QED) is 0.387. The minimum absolute atomic E-state index is 0.261. The molecule has 1 aliphatic heterocycles. The fourth-order valence-corrected chi connectivity index (χ4v) is 4.83.